The van der Waals surface area contributed by atoms with Gasteiger partial charge in [0.25, 0.3) is 0 Å². The molecule has 0 bridgehead atoms. The molecule has 0 N–H and O–H groups in total. The molecule has 0 aliphatic carbocycles. The zero-order valence-corrected chi connectivity index (χ0v) is 9.96. The van der Waals surface area contributed by atoms with E-state index in [4.69, 9.17) is 4.74 Å². The van der Waals surface area contributed by atoms with Crippen LogP contribution < -0.4 is 4.90 Å². The largest absolute Gasteiger partial charge is 0.465 e. The minimum Gasteiger partial charge on any atom is -0.465 e. The molecule has 0 radical (unpaired) electrons. The smallest absolute Gasteiger partial charge is 0.326 e. The molecule has 2 rings (SSSR count). The van der Waals surface area contributed by atoms with E-state index in [0.717, 1.165) is 0 Å². The van der Waals surface area contributed by atoms with Gasteiger partial charge in [-0.2, -0.15) is 0 Å². The maximum absolute atomic E-state index is 12.0. The first-order valence-electron chi connectivity index (χ1n) is 5.71. The number of nitrogens with zero attached hydrogens (tertiary/aromatic N) is 1. The van der Waals surface area contributed by atoms with E-state index in [-0.39, 0.29) is 13.2 Å². The number of rotatable bonds is 3. The molecule has 1 fully saturated rings. The number of benzene rings is 1. The Kier molecular flexibility index (Phi) is 3.41. The fraction of sp³-hybridized carbons (Fsp3) is 0.308. The lowest BCUT2D eigenvalue weighted by molar-refractivity contribution is -0.152. The van der Waals surface area contributed by atoms with Gasteiger partial charge >= 0.3 is 5.97 Å². The second-order valence-corrected chi connectivity index (χ2v) is 3.91. The Hall–Kier alpha value is -2.17. The van der Waals surface area contributed by atoms with Crippen LogP contribution >= 0.6 is 0 Å². The van der Waals surface area contributed by atoms with Gasteiger partial charge in [0.15, 0.2) is 11.7 Å². The van der Waals surface area contributed by atoms with E-state index in [9.17, 15) is 14.4 Å². The molecule has 1 unspecified atom stereocenters. The van der Waals surface area contributed by atoms with Crippen molar-refractivity contribution < 1.29 is 19.1 Å². The van der Waals surface area contributed by atoms with Gasteiger partial charge in [-0.3, -0.25) is 14.4 Å². The standard InChI is InChI=1S/C13H13NO4/c1-2-18-13(17)11-10(15)8-14(12(11)16)9-6-4-3-5-7-9/h3-7,11H,2,8H2,1H3. The molecule has 0 spiro atoms. The first-order chi connectivity index (χ1) is 8.65. The molecule has 1 atom stereocenters. The van der Waals surface area contributed by atoms with E-state index in [1.165, 1.54) is 4.90 Å². The number of Topliss-reactive ketones (excluding diaryl/α,β-unsaturated/α-hetero) is 1. The van der Waals surface area contributed by atoms with Gasteiger partial charge < -0.3 is 9.64 Å². The number of esters is 1. The number of ether oxygens (including phenoxy) is 1. The first-order valence-corrected chi connectivity index (χ1v) is 5.71. The summed E-state index contributed by atoms with van der Waals surface area (Å²) in [5, 5.41) is 0. The fourth-order valence-corrected chi connectivity index (χ4v) is 1.90. The molecule has 1 saturated heterocycles. The summed E-state index contributed by atoms with van der Waals surface area (Å²) in [5.41, 5.74) is 0.614. The maximum atomic E-state index is 12.0. The second-order valence-electron chi connectivity index (χ2n) is 3.91. The molecule has 1 heterocycles. The van der Waals surface area contributed by atoms with Gasteiger partial charge in [0.05, 0.1) is 13.2 Å². The Morgan fingerprint density at radius 3 is 2.61 bits per heavy atom. The van der Waals surface area contributed by atoms with Crippen molar-refractivity contribution in [2.45, 2.75) is 6.92 Å². The average molecular weight is 247 g/mol. The van der Waals surface area contributed by atoms with E-state index in [2.05, 4.69) is 0 Å². The van der Waals surface area contributed by atoms with Crippen LogP contribution in [0.15, 0.2) is 30.3 Å². The van der Waals surface area contributed by atoms with E-state index in [0.29, 0.717) is 5.69 Å². The number of para-hydroxylation sites is 1. The highest BCUT2D eigenvalue weighted by atomic mass is 16.5. The quantitative estimate of drug-likeness (QED) is 0.585. The third-order valence-electron chi connectivity index (χ3n) is 2.74. The normalized spacial score (nSPS) is 19.2. The molecular formula is C13H13NO4. The van der Waals surface area contributed by atoms with Crippen molar-refractivity contribution in [2.75, 3.05) is 18.1 Å². The summed E-state index contributed by atoms with van der Waals surface area (Å²) in [6.07, 6.45) is 0. The van der Waals surface area contributed by atoms with E-state index in [1.54, 1.807) is 31.2 Å². The lowest BCUT2D eigenvalue weighted by Crippen LogP contribution is -2.32. The molecule has 5 nitrogen and oxygen atoms in total. The molecule has 0 saturated carbocycles. The van der Waals surface area contributed by atoms with Crippen molar-refractivity contribution in [1.29, 1.82) is 0 Å². The average Bonchev–Trinajstić information content (AvgIpc) is 2.66. The lowest BCUT2D eigenvalue weighted by atomic mass is 10.1. The highest BCUT2D eigenvalue weighted by molar-refractivity contribution is 6.27. The van der Waals surface area contributed by atoms with Crippen molar-refractivity contribution in [3.8, 4) is 0 Å². The summed E-state index contributed by atoms with van der Waals surface area (Å²) in [5.74, 6) is -2.98. The van der Waals surface area contributed by atoms with E-state index < -0.39 is 23.6 Å². The van der Waals surface area contributed by atoms with Gasteiger partial charge in [-0.15, -0.1) is 0 Å². The summed E-state index contributed by atoms with van der Waals surface area (Å²) in [7, 11) is 0. The summed E-state index contributed by atoms with van der Waals surface area (Å²) in [4.78, 5) is 36.6. The molecule has 18 heavy (non-hydrogen) atoms. The number of amides is 1. The maximum Gasteiger partial charge on any atom is 0.326 e. The van der Waals surface area contributed by atoms with Crippen LogP contribution in [0.3, 0.4) is 0 Å². The van der Waals surface area contributed by atoms with Crippen LogP contribution in [0.2, 0.25) is 0 Å². The second kappa shape index (κ2) is 5.00. The first kappa shape index (κ1) is 12.3. The van der Waals surface area contributed by atoms with Crippen molar-refractivity contribution in [3.05, 3.63) is 30.3 Å². The summed E-state index contributed by atoms with van der Waals surface area (Å²) in [6.45, 7) is 1.71. The molecule has 1 aromatic carbocycles. The number of ketones is 1. The number of anilines is 1. The van der Waals surface area contributed by atoms with Crippen molar-refractivity contribution in [1.82, 2.24) is 0 Å². The van der Waals surface area contributed by atoms with Crippen LogP contribution in [-0.4, -0.2) is 30.8 Å². The molecular weight excluding hydrogens is 234 g/mol. The van der Waals surface area contributed by atoms with Gasteiger partial charge in [0, 0.05) is 5.69 Å². The number of hydrogen-bond acceptors (Lipinski definition) is 4. The molecule has 5 heteroatoms. The summed E-state index contributed by atoms with van der Waals surface area (Å²) >= 11 is 0. The van der Waals surface area contributed by atoms with Gasteiger partial charge in [-0.05, 0) is 19.1 Å². The van der Waals surface area contributed by atoms with Gasteiger partial charge in [0.1, 0.15) is 0 Å². The predicted octanol–water partition coefficient (Wildman–Crippen LogP) is 0.782. The third-order valence-corrected chi connectivity index (χ3v) is 2.74. The van der Waals surface area contributed by atoms with E-state index >= 15 is 0 Å². The minimum atomic E-state index is -1.30. The Morgan fingerprint density at radius 2 is 2.00 bits per heavy atom. The highest BCUT2D eigenvalue weighted by Gasteiger charge is 2.45. The van der Waals surface area contributed by atoms with Crippen LogP contribution in [0, 0.1) is 5.92 Å². The number of carbonyl (C=O) groups excluding carboxylic acids is 3. The van der Waals surface area contributed by atoms with Gasteiger partial charge in [-0.1, -0.05) is 18.2 Å². The predicted molar refractivity (Wildman–Crippen MR) is 63.9 cm³/mol. The fourth-order valence-electron chi connectivity index (χ4n) is 1.90. The van der Waals surface area contributed by atoms with E-state index in [1.807, 2.05) is 6.07 Å². The molecule has 94 valence electrons. The number of hydrogen-bond donors (Lipinski definition) is 0. The SMILES string of the molecule is CCOC(=O)C1C(=O)CN(c2ccccc2)C1=O. The Labute approximate surface area is 104 Å². The molecule has 1 aromatic rings. The van der Waals surface area contributed by atoms with Crippen LogP contribution in [0.25, 0.3) is 0 Å². The van der Waals surface area contributed by atoms with Gasteiger partial charge in [-0.25, -0.2) is 0 Å². The number of carbonyl (C=O) groups is 3. The Morgan fingerprint density at radius 1 is 1.33 bits per heavy atom. The summed E-state index contributed by atoms with van der Waals surface area (Å²) in [6, 6.07) is 8.79. The summed E-state index contributed by atoms with van der Waals surface area (Å²) < 4.78 is 4.74. The zero-order valence-electron chi connectivity index (χ0n) is 9.96. The van der Waals surface area contributed by atoms with Crippen molar-refractivity contribution >= 4 is 23.3 Å². The molecule has 1 aliphatic heterocycles. The third kappa shape index (κ3) is 2.11. The monoisotopic (exact) mass is 247 g/mol. The van der Waals surface area contributed by atoms with Crippen LogP contribution in [0.4, 0.5) is 5.69 Å². The van der Waals surface area contributed by atoms with Crippen LogP contribution in [-0.2, 0) is 19.1 Å². The molecule has 1 aliphatic rings. The van der Waals surface area contributed by atoms with Crippen LogP contribution in [0.1, 0.15) is 6.92 Å². The van der Waals surface area contributed by atoms with Gasteiger partial charge in [0.2, 0.25) is 5.91 Å². The van der Waals surface area contributed by atoms with Crippen molar-refractivity contribution in [3.63, 3.8) is 0 Å². The molecule has 0 aromatic heterocycles. The molecule has 1 amide bonds. The van der Waals surface area contributed by atoms with Crippen molar-refractivity contribution in [2.24, 2.45) is 5.92 Å². The lowest BCUT2D eigenvalue weighted by Gasteiger charge is -2.14. The highest BCUT2D eigenvalue weighted by Crippen LogP contribution is 2.23. The minimum absolute atomic E-state index is 0.0771. The Bertz CT molecular complexity index is 483. The van der Waals surface area contributed by atoms with Crippen LogP contribution in [0.5, 0.6) is 0 Å². The topological polar surface area (TPSA) is 63.7 Å². The zero-order chi connectivity index (χ0) is 13.1. The Balaban J connectivity index is 2.22.